The van der Waals surface area contributed by atoms with Crippen LogP contribution in [0.4, 0.5) is 13.6 Å². The van der Waals surface area contributed by atoms with Crippen LogP contribution in [0.3, 0.4) is 0 Å². The van der Waals surface area contributed by atoms with Crippen molar-refractivity contribution < 1.29 is 27.1 Å². The first-order valence-electron chi connectivity index (χ1n) is 7.57. The summed E-state index contributed by atoms with van der Waals surface area (Å²) in [6.45, 7) is -0.135. The molecule has 0 aliphatic rings. The van der Waals surface area contributed by atoms with Crippen LogP contribution in [0.1, 0.15) is 5.56 Å². The van der Waals surface area contributed by atoms with Gasteiger partial charge in [-0.1, -0.05) is 0 Å². The van der Waals surface area contributed by atoms with E-state index in [9.17, 15) is 17.6 Å². The minimum Gasteiger partial charge on any atom is -0.465 e. The largest absolute Gasteiger partial charge is 0.465 e. The molecular formula is C16H13F2N3O4S2. The molecule has 0 aromatic carbocycles. The summed E-state index contributed by atoms with van der Waals surface area (Å²) < 4.78 is 55.6. The number of halogens is 2. The fraction of sp³-hybridized carbons (Fsp3) is 0.125. The van der Waals surface area contributed by atoms with Gasteiger partial charge < -0.3 is 10.4 Å². The Bertz CT molecular complexity index is 1080. The van der Waals surface area contributed by atoms with E-state index in [1.807, 2.05) is 0 Å². The van der Waals surface area contributed by atoms with Gasteiger partial charge in [0.05, 0.1) is 10.5 Å². The summed E-state index contributed by atoms with van der Waals surface area (Å²) in [5.74, 6) is -1.97. The van der Waals surface area contributed by atoms with Gasteiger partial charge in [0.1, 0.15) is 5.69 Å². The lowest BCUT2D eigenvalue weighted by atomic mass is 10.1. The molecule has 0 saturated carbocycles. The van der Waals surface area contributed by atoms with Crippen molar-refractivity contribution in [3.63, 3.8) is 0 Å². The van der Waals surface area contributed by atoms with Gasteiger partial charge in [-0.15, -0.1) is 0 Å². The number of carboxylic acid groups (broad SMARTS) is 1. The van der Waals surface area contributed by atoms with E-state index in [1.54, 1.807) is 5.38 Å². The molecule has 3 aromatic rings. The van der Waals surface area contributed by atoms with Gasteiger partial charge in [-0.3, -0.25) is 0 Å². The first-order valence-corrected chi connectivity index (χ1v) is 9.96. The zero-order chi connectivity index (χ0) is 19.6. The predicted molar refractivity (Wildman–Crippen MR) is 94.2 cm³/mol. The first-order chi connectivity index (χ1) is 12.8. The third-order valence-electron chi connectivity index (χ3n) is 3.72. The number of rotatable bonds is 6. The Balaban J connectivity index is 2.16. The van der Waals surface area contributed by atoms with Crippen LogP contribution in [0.25, 0.3) is 11.3 Å². The molecule has 0 unspecified atom stereocenters. The van der Waals surface area contributed by atoms with E-state index in [0.29, 0.717) is 3.97 Å². The Hall–Kier alpha value is -2.79. The molecule has 0 fully saturated rings. The highest BCUT2D eigenvalue weighted by Gasteiger charge is 2.28. The summed E-state index contributed by atoms with van der Waals surface area (Å²) in [6, 6.07) is 3.94. The maximum absolute atomic E-state index is 15.0. The normalized spacial score (nSPS) is 11.5. The van der Waals surface area contributed by atoms with E-state index in [1.165, 1.54) is 23.6 Å². The van der Waals surface area contributed by atoms with Crippen molar-refractivity contribution >= 4 is 27.5 Å². The third kappa shape index (κ3) is 3.69. The number of carbonyl (C=O) groups is 1. The lowest BCUT2D eigenvalue weighted by Gasteiger charge is -2.09. The third-order valence-corrected chi connectivity index (χ3v) is 6.21. The molecule has 3 rings (SSSR count). The van der Waals surface area contributed by atoms with Crippen LogP contribution < -0.4 is 5.32 Å². The number of pyridine rings is 1. The van der Waals surface area contributed by atoms with Crippen LogP contribution in [0, 0.1) is 11.8 Å². The monoisotopic (exact) mass is 413 g/mol. The Morgan fingerprint density at radius 3 is 2.74 bits per heavy atom. The molecule has 0 aliphatic heterocycles. The number of nitrogens with one attached hydrogen (secondary N) is 1. The van der Waals surface area contributed by atoms with E-state index < -0.39 is 33.6 Å². The predicted octanol–water partition coefficient (Wildman–Crippen LogP) is 2.94. The second-order valence-electron chi connectivity index (χ2n) is 5.40. The Kier molecular flexibility index (Phi) is 5.24. The van der Waals surface area contributed by atoms with Crippen molar-refractivity contribution in [1.29, 1.82) is 0 Å². The highest BCUT2D eigenvalue weighted by molar-refractivity contribution is 7.90. The van der Waals surface area contributed by atoms with Gasteiger partial charge in [0.2, 0.25) is 5.95 Å². The van der Waals surface area contributed by atoms with Gasteiger partial charge in [0.15, 0.2) is 5.82 Å². The van der Waals surface area contributed by atoms with Crippen LogP contribution in [-0.4, -0.2) is 35.1 Å². The molecule has 27 heavy (non-hydrogen) atoms. The second kappa shape index (κ2) is 7.45. The molecular weight excluding hydrogens is 400 g/mol. The zero-order valence-electron chi connectivity index (χ0n) is 13.6. The first kappa shape index (κ1) is 19.0. The lowest BCUT2D eigenvalue weighted by Crippen LogP contribution is -2.23. The van der Waals surface area contributed by atoms with Crippen LogP contribution in [0.5, 0.6) is 0 Å². The van der Waals surface area contributed by atoms with Crippen molar-refractivity contribution in [2.75, 3.05) is 6.54 Å². The topological polar surface area (TPSA) is 101 Å². The van der Waals surface area contributed by atoms with E-state index >= 15 is 4.39 Å². The van der Waals surface area contributed by atoms with Gasteiger partial charge in [0.25, 0.3) is 10.0 Å². The van der Waals surface area contributed by atoms with Gasteiger partial charge in [-0.05, 0) is 30.0 Å². The SMILES string of the molecule is O=C(O)NCCc1cn(S(=O)(=O)c2ccsc2)c(-c2cccnc2F)c1F. The highest BCUT2D eigenvalue weighted by atomic mass is 32.2. The standard InChI is InChI=1S/C16H13F2N3O4S2/c17-13-10(3-6-20-16(22)23)8-21(27(24,25)11-4-7-26-9-11)14(13)12-2-1-5-19-15(12)18/h1-2,4-5,7-9,20H,3,6H2,(H,22,23). The Morgan fingerprint density at radius 2 is 2.11 bits per heavy atom. The molecule has 7 nitrogen and oxygen atoms in total. The minimum atomic E-state index is -4.18. The molecule has 0 aliphatic carbocycles. The van der Waals surface area contributed by atoms with Gasteiger partial charge in [-0.2, -0.15) is 15.7 Å². The summed E-state index contributed by atoms with van der Waals surface area (Å²) in [4.78, 5) is 13.9. The number of amides is 1. The molecule has 142 valence electrons. The maximum atomic E-state index is 15.0. The molecule has 0 atom stereocenters. The Morgan fingerprint density at radius 1 is 1.33 bits per heavy atom. The molecule has 0 radical (unpaired) electrons. The summed E-state index contributed by atoms with van der Waals surface area (Å²) in [5, 5.41) is 13.6. The summed E-state index contributed by atoms with van der Waals surface area (Å²) in [7, 11) is -4.18. The van der Waals surface area contributed by atoms with Crippen LogP contribution in [0.2, 0.25) is 0 Å². The van der Waals surface area contributed by atoms with Crippen LogP contribution in [-0.2, 0) is 16.4 Å². The average Bonchev–Trinajstić information content (AvgIpc) is 3.25. The number of aromatic nitrogens is 2. The molecule has 3 heterocycles. The van der Waals surface area contributed by atoms with E-state index in [0.717, 1.165) is 23.7 Å². The molecule has 0 bridgehead atoms. The van der Waals surface area contributed by atoms with Crippen LogP contribution >= 0.6 is 11.3 Å². The van der Waals surface area contributed by atoms with Crippen molar-refractivity contribution in [1.82, 2.24) is 14.3 Å². The van der Waals surface area contributed by atoms with Crippen molar-refractivity contribution in [2.24, 2.45) is 0 Å². The average molecular weight is 413 g/mol. The van der Waals surface area contributed by atoms with Crippen molar-refractivity contribution in [3.8, 4) is 11.3 Å². The quantitative estimate of drug-likeness (QED) is 0.605. The number of thiophene rings is 1. The molecule has 0 saturated heterocycles. The van der Waals surface area contributed by atoms with Gasteiger partial charge in [0, 0.05) is 29.9 Å². The van der Waals surface area contributed by atoms with E-state index in [-0.39, 0.29) is 29.0 Å². The summed E-state index contributed by atoms with van der Waals surface area (Å²) >= 11 is 1.15. The van der Waals surface area contributed by atoms with E-state index in [2.05, 4.69) is 10.3 Å². The van der Waals surface area contributed by atoms with Gasteiger partial charge >= 0.3 is 6.09 Å². The summed E-state index contributed by atoms with van der Waals surface area (Å²) in [5.41, 5.74) is -0.871. The Labute approximate surface area is 157 Å². The highest BCUT2D eigenvalue weighted by Crippen LogP contribution is 2.32. The lowest BCUT2D eigenvalue weighted by molar-refractivity contribution is 0.194. The zero-order valence-corrected chi connectivity index (χ0v) is 15.2. The smallest absolute Gasteiger partial charge is 0.404 e. The number of nitrogens with zero attached hydrogens (tertiary/aromatic N) is 2. The molecule has 3 aromatic heterocycles. The molecule has 0 spiro atoms. The van der Waals surface area contributed by atoms with Crippen molar-refractivity contribution in [2.45, 2.75) is 11.3 Å². The van der Waals surface area contributed by atoms with Crippen LogP contribution in [0.15, 0.2) is 46.2 Å². The molecule has 11 heteroatoms. The fourth-order valence-electron chi connectivity index (χ4n) is 2.49. The number of hydrogen-bond donors (Lipinski definition) is 2. The van der Waals surface area contributed by atoms with Crippen molar-refractivity contribution in [3.05, 3.63) is 58.7 Å². The number of hydrogen-bond acceptors (Lipinski definition) is 5. The second-order valence-corrected chi connectivity index (χ2v) is 8.00. The minimum absolute atomic E-state index is 0.0664. The molecule has 2 N–H and O–H groups in total. The summed E-state index contributed by atoms with van der Waals surface area (Å²) in [6.07, 6.45) is 0.793. The molecule has 1 amide bonds. The van der Waals surface area contributed by atoms with Gasteiger partial charge in [-0.25, -0.2) is 26.6 Å². The fourth-order valence-corrected chi connectivity index (χ4v) is 4.90. The van der Waals surface area contributed by atoms with E-state index in [4.69, 9.17) is 5.11 Å². The maximum Gasteiger partial charge on any atom is 0.404 e.